The van der Waals surface area contributed by atoms with Gasteiger partial charge >= 0.3 is 5.97 Å². The van der Waals surface area contributed by atoms with Gasteiger partial charge < -0.3 is 29.9 Å². The molecule has 0 radical (unpaired) electrons. The van der Waals surface area contributed by atoms with Crippen LogP contribution >= 0.6 is 0 Å². The third kappa shape index (κ3) is 2.69. The molecule has 1 fully saturated rings. The first kappa shape index (κ1) is 13.3. The van der Waals surface area contributed by atoms with Crippen molar-refractivity contribution in [3.05, 3.63) is 0 Å². The van der Waals surface area contributed by atoms with E-state index in [1.54, 1.807) is 13.8 Å². The molecule has 5 atom stereocenters. The van der Waals surface area contributed by atoms with Gasteiger partial charge in [-0.2, -0.15) is 0 Å². The van der Waals surface area contributed by atoms with Gasteiger partial charge in [-0.05, 0) is 13.8 Å². The third-order valence-corrected chi connectivity index (χ3v) is 2.24. The number of aliphatic carboxylic acids is 1. The van der Waals surface area contributed by atoms with E-state index in [0.717, 1.165) is 0 Å². The molecule has 0 spiro atoms. The Balaban J connectivity index is 2.75. The van der Waals surface area contributed by atoms with Gasteiger partial charge in [-0.3, -0.25) is 0 Å². The highest BCUT2D eigenvalue weighted by Gasteiger charge is 2.47. The molecule has 1 aliphatic heterocycles. The zero-order chi connectivity index (χ0) is 12.5. The number of aliphatic hydroxyl groups excluding tert-OH is 3. The number of rotatable bonds is 3. The SMILES string of the molecule is CC(C)OC1C(O)OC(C(=O)O)C(O)C1O. The highest BCUT2D eigenvalue weighted by Crippen LogP contribution is 2.23. The number of carboxylic acids is 1. The maximum absolute atomic E-state index is 10.6. The molecule has 0 aromatic rings. The third-order valence-electron chi connectivity index (χ3n) is 2.24. The summed E-state index contributed by atoms with van der Waals surface area (Å²) in [7, 11) is 0. The fraction of sp³-hybridized carbons (Fsp3) is 0.889. The van der Waals surface area contributed by atoms with Crippen molar-refractivity contribution in [1.29, 1.82) is 0 Å². The molecule has 0 bridgehead atoms. The smallest absolute Gasteiger partial charge is 0.335 e. The molecular formula is C9H16O7. The summed E-state index contributed by atoms with van der Waals surface area (Å²) < 4.78 is 9.80. The monoisotopic (exact) mass is 236 g/mol. The van der Waals surface area contributed by atoms with E-state index in [1.165, 1.54) is 0 Å². The van der Waals surface area contributed by atoms with Crippen LogP contribution in [0.1, 0.15) is 13.8 Å². The second-order valence-electron chi connectivity index (χ2n) is 3.92. The van der Waals surface area contributed by atoms with E-state index in [2.05, 4.69) is 4.74 Å². The number of aliphatic hydroxyl groups is 3. The number of hydrogen-bond acceptors (Lipinski definition) is 6. The Hall–Kier alpha value is -0.730. The number of carboxylic acid groups (broad SMARTS) is 1. The lowest BCUT2D eigenvalue weighted by atomic mass is 9.99. The number of carbonyl (C=O) groups is 1. The molecule has 0 aromatic carbocycles. The Morgan fingerprint density at radius 1 is 1.25 bits per heavy atom. The van der Waals surface area contributed by atoms with Gasteiger partial charge in [0, 0.05) is 0 Å². The number of hydrogen-bond donors (Lipinski definition) is 4. The summed E-state index contributed by atoms with van der Waals surface area (Å²) in [5.74, 6) is -1.45. The van der Waals surface area contributed by atoms with Gasteiger partial charge in [-0.15, -0.1) is 0 Å². The van der Waals surface area contributed by atoms with Crippen molar-refractivity contribution in [2.24, 2.45) is 0 Å². The van der Waals surface area contributed by atoms with E-state index >= 15 is 0 Å². The van der Waals surface area contributed by atoms with E-state index in [-0.39, 0.29) is 6.10 Å². The number of ether oxygens (including phenoxy) is 2. The molecule has 0 amide bonds. The summed E-state index contributed by atoms with van der Waals surface area (Å²) in [5, 5.41) is 37.2. The van der Waals surface area contributed by atoms with Crippen LogP contribution in [0.3, 0.4) is 0 Å². The second-order valence-corrected chi connectivity index (χ2v) is 3.92. The summed E-state index contributed by atoms with van der Waals surface area (Å²) in [5.41, 5.74) is 0. The zero-order valence-electron chi connectivity index (χ0n) is 8.98. The van der Waals surface area contributed by atoms with Crippen molar-refractivity contribution in [1.82, 2.24) is 0 Å². The van der Waals surface area contributed by atoms with E-state index < -0.39 is 36.7 Å². The molecule has 7 nitrogen and oxygen atoms in total. The van der Waals surface area contributed by atoms with Crippen molar-refractivity contribution in [3.63, 3.8) is 0 Å². The van der Waals surface area contributed by atoms with Crippen LogP contribution < -0.4 is 0 Å². The molecular weight excluding hydrogens is 220 g/mol. The van der Waals surface area contributed by atoms with Crippen LogP contribution in [0.2, 0.25) is 0 Å². The van der Waals surface area contributed by atoms with Gasteiger partial charge in [0.15, 0.2) is 12.4 Å². The van der Waals surface area contributed by atoms with E-state index in [0.29, 0.717) is 0 Å². The van der Waals surface area contributed by atoms with Crippen molar-refractivity contribution >= 4 is 5.97 Å². The fourth-order valence-electron chi connectivity index (χ4n) is 1.52. The van der Waals surface area contributed by atoms with Gasteiger partial charge in [-0.1, -0.05) is 0 Å². The lowest BCUT2D eigenvalue weighted by Crippen LogP contribution is -2.60. The van der Waals surface area contributed by atoms with Crippen LogP contribution in [0.4, 0.5) is 0 Å². The van der Waals surface area contributed by atoms with Gasteiger partial charge in [0.05, 0.1) is 6.10 Å². The van der Waals surface area contributed by atoms with Gasteiger partial charge in [-0.25, -0.2) is 4.79 Å². The van der Waals surface area contributed by atoms with Gasteiger partial charge in [0.25, 0.3) is 0 Å². The zero-order valence-corrected chi connectivity index (χ0v) is 8.98. The van der Waals surface area contributed by atoms with Crippen LogP contribution in [-0.4, -0.2) is 63.2 Å². The molecule has 5 unspecified atom stereocenters. The topological polar surface area (TPSA) is 116 Å². The van der Waals surface area contributed by atoms with Crippen LogP contribution in [0.25, 0.3) is 0 Å². The predicted octanol–water partition coefficient (Wildman–Crippen LogP) is -1.70. The van der Waals surface area contributed by atoms with Crippen molar-refractivity contribution < 1.29 is 34.7 Å². The molecule has 1 aliphatic rings. The molecule has 7 heteroatoms. The molecule has 1 rings (SSSR count). The maximum Gasteiger partial charge on any atom is 0.335 e. The first-order valence-electron chi connectivity index (χ1n) is 4.92. The minimum Gasteiger partial charge on any atom is -0.479 e. The standard InChI is InChI=1S/C9H16O7/c1-3(2)15-7-5(11)4(10)6(8(12)13)16-9(7)14/h3-7,9-11,14H,1-2H3,(H,12,13). The molecule has 0 aromatic heterocycles. The Morgan fingerprint density at radius 3 is 2.25 bits per heavy atom. The molecule has 4 N–H and O–H groups in total. The largest absolute Gasteiger partial charge is 0.479 e. The Morgan fingerprint density at radius 2 is 1.81 bits per heavy atom. The molecule has 94 valence electrons. The normalized spacial score (nSPS) is 40.0. The van der Waals surface area contributed by atoms with Crippen molar-refractivity contribution in [3.8, 4) is 0 Å². The molecule has 0 aliphatic carbocycles. The molecule has 1 saturated heterocycles. The quantitative estimate of drug-likeness (QED) is 0.461. The minimum absolute atomic E-state index is 0.300. The van der Waals surface area contributed by atoms with Crippen molar-refractivity contribution in [2.75, 3.05) is 0 Å². The molecule has 16 heavy (non-hydrogen) atoms. The summed E-state index contributed by atoms with van der Waals surface area (Å²) in [4.78, 5) is 10.6. The minimum atomic E-state index is -1.66. The summed E-state index contributed by atoms with van der Waals surface area (Å²) in [6, 6.07) is 0. The Labute approximate surface area is 92.2 Å². The second kappa shape index (κ2) is 5.07. The van der Waals surface area contributed by atoms with Crippen molar-refractivity contribution in [2.45, 2.75) is 50.7 Å². The fourth-order valence-corrected chi connectivity index (χ4v) is 1.52. The summed E-state index contributed by atoms with van der Waals surface area (Å²) in [6.45, 7) is 3.35. The van der Waals surface area contributed by atoms with E-state index in [4.69, 9.17) is 9.84 Å². The van der Waals surface area contributed by atoms with Gasteiger partial charge in [0.1, 0.15) is 18.3 Å². The molecule has 0 saturated carbocycles. The Kier molecular flexibility index (Phi) is 4.22. The van der Waals surface area contributed by atoms with Gasteiger partial charge in [0.2, 0.25) is 0 Å². The highest BCUT2D eigenvalue weighted by atomic mass is 16.7. The lowest BCUT2D eigenvalue weighted by molar-refractivity contribution is -0.294. The highest BCUT2D eigenvalue weighted by molar-refractivity contribution is 5.73. The average molecular weight is 236 g/mol. The van der Waals surface area contributed by atoms with Crippen LogP contribution in [0.15, 0.2) is 0 Å². The van der Waals surface area contributed by atoms with Crippen LogP contribution in [0, 0.1) is 0 Å². The first-order chi connectivity index (χ1) is 7.34. The predicted molar refractivity (Wildman–Crippen MR) is 50.5 cm³/mol. The van der Waals surface area contributed by atoms with Crippen LogP contribution in [0.5, 0.6) is 0 Å². The first-order valence-corrected chi connectivity index (χ1v) is 4.92. The van der Waals surface area contributed by atoms with Crippen LogP contribution in [-0.2, 0) is 14.3 Å². The average Bonchev–Trinajstić information content (AvgIpc) is 2.17. The maximum atomic E-state index is 10.6. The molecule has 1 heterocycles. The van der Waals surface area contributed by atoms with E-state index in [9.17, 15) is 20.1 Å². The van der Waals surface area contributed by atoms with E-state index in [1.807, 2.05) is 0 Å². The Bertz CT molecular complexity index is 254. The summed E-state index contributed by atoms with van der Waals surface area (Å²) in [6.07, 6.45) is -7.84. The lowest BCUT2D eigenvalue weighted by Gasteiger charge is -2.39. The summed E-state index contributed by atoms with van der Waals surface area (Å²) >= 11 is 0.